The molecule has 3 atom stereocenters. The zero-order valence-corrected chi connectivity index (χ0v) is 15.6. The average Bonchev–Trinajstić information content (AvgIpc) is 3.01. The van der Waals surface area contributed by atoms with Gasteiger partial charge in [0.2, 0.25) is 0 Å². The van der Waals surface area contributed by atoms with E-state index >= 15 is 0 Å². The second kappa shape index (κ2) is 7.32. The molecule has 3 unspecified atom stereocenters. The Labute approximate surface area is 151 Å². The van der Waals surface area contributed by atoms with E-state index in [1.807, 2.05) is 13.8 Å². The number of aromatic carboxylic acids is 1. The van der Waals surface area contributed by atoms with Crippen LogP contribution in [0.2, 0.25) is 0 Å². The predicted octanol–water partition coefficient (Wildman–Crippen LogP) is 4.01. The predicted molar refractivity (Wildman–Crippen MR) is 90.2 cm³/mol. The number of aromatic nitrogens is 2. The number of nitrogens with zero attached hydrogens (tertiary/aromatic N) is 2. The number of esters is 1. The molecule has 0 saturated heterocycles. The summed E-state index contributed by atoms with van der Waals surface area (Å²) in [5.74, 6) is -5.12. The fraction of sp³-hybridized carbons (Fsp3) is 0.722. The fourth-order valence-electron chi connectivity index (χ4n) is 3.86. The van der Waals surface area contributed by atoms with Gasteiger partial charge in [-0.3, -0.25) is 9.48 Å². The third kappa shape index (κ3) is 3.59. The molecule has 2 rings (SSSR count). The molecule has 0 aliphatic heterocycles. The fourth-order valence-corrected chi connectivity index (χ4v) is 3.86. The van der Waals surface area contributed by atoms with Gasteiger partial charge in [0.05, 0.1) is 24.3 Å². The van der Waals surface area contributed by atoms with Crippen molar-refractivity contribution in [1.82, 2.24) is 9.78 Å². The first-order valence-electron chi connectivity index (χ1n) is 8.93. The van der Waals surface area contributed by atoms with Gasteiger partial charge >= 0.3 is 11.9 Å². The van der Waals surface area contributed by atoms with Gasteiger partial charge in [0.15, 0.2) is 0 Å². The zero-order chi connectivity index (χ0) is 19.7. The molecule has 0 amide bonds. The number of carboxylic acids is 1. The minimum Gasteiger partial charge on any atom is -0.478 e. The average molecular weight is 372 g/mol. The van der Waals surface area contributed by atoms with Crippen molar-refractivity contribution in [1.29, 1.82) is 0 Å². The van der Waals surface area contributed by atoms with Crippen molar-refractivity contribution in [3.8, 4) is 0 Å². The molecule has 0 radical (unpaired) electrons. The summed E-state index contributed by atoms with van der Waals surface area (Å²) >= 11 is 0. The van der Waals surface area contributed by atoms with Crippen LogP contribution < -0.4 is 0 Å². The van der Waals surface area contributed by atoms with Gasteiger partial charge in [0.25, 0.3) is 5.92 Å². The number of ether oxygens (including phenoxy) is 1. The van der Waals surface area contributed by atoms with Crippen LogP contribution in [-0.4, -0.2) is 33.4 Å². The van der Waals surface area contributed by atoms with Gasteiger partial charge < -0.3 is 9.84 Å². The van der Waals surface area contributed by atoms with Gasteiger partial charge in [-0.05, 0) is 39.0 Å². The maximum Gasteiger partial charge on any atom is 0.339 e. The highest BCUT2D eigenvalue weighted by atomic mass is 19.3. The molecule has 0 aromatic carbocycles. The third-order valence-corrected chi connectivity index (χ3v) is 5.32. The Balaban J connectivity index is 2.36. The zero-order valence-electron chi connectivity index (χ0n) is 15.6. The van der Waals surface area contributed by atoms with Gasteiger partial charge in [0.1, 0.15) is 11.3 Å². The summed E-state index contributed by atoms with van der Waals surface area (Å²) in [6.45, 7) is 7.04. The summed E-state index contributed by atoms with van der Waals surface area (Å²) in [4.78, 5) is 23.6. The highest BCUT2D eigenvalue weighted by molar-refractivity contribution is 5.89. The lowest BCUT2D eigenvalue weighted by molar-refractivity contribution is -0.158. The quantitative estimate of drug-likeness (QED) is 0.763. The lowest BCUT2D eigenvalue weighted by Crippen LogP contribution is -2.40. The van der Waals surface area contributed by atoms with E-state index < -0.39 is 41.0 Å². The van der Waals surface area contributed by atoms with E-state index in [4.69, 9.17) is 4.74 Å². The van der Waals surface area contributed by atoms with Crippen molar-refractivity contribution >= 4 is 11.9 Å². The molecule has 1 N–H and O–H groups in total. The molecule has 0 spiro atoms. The molecule has 6 nitrogen and oxygen atoms in total. The summed E-state index contributed by atoms with van der Waals surface area (Å²) in [5, 5.41) is 13.3. The summed E-state index contributed by atoms with van der Waals surface area (Å²) in [6.07, 6.45) is 1.87. The topological polar surface area (TPSA) is 81.4 Å². The van der Waals surface area contributed by atoms with Crippen molar-refractivity contribution in [2.45, 2.75) is 65.3 Å². The monoisotopic (exact) mass is 372 g/mol. The van der Waals surface area contributed by atoms with Crippen molar-refractivity contribution < 1.29 is 28.2 Å². The van der Waals surface area contributed by atoms with E-state index in [1.165, 1.54) is 11.6 Å². The van der Waals surface area contributed by atoms with Crippen LogP contribution in [0.5, 0.6) is 0 Å². The first kappa shape index (κ1) is 20.3. The van der Waals surface area contributed by atoms with Crippen molar-refractivity contribution in [2.75, 3.05) is 6.61 Å². The Morgan fingerprint density at radius 3 is 2.62 bits per heavy atom. The molecule has 1 aromatic rings. The SMILES string of the molecule is CCOC(=O)C1(C)CCC(n2ncc(C(=O)O)c2C(F)(F)CC)C(C)C1. The van der Waals surface area contributed by atoms with Crippen LogP contribution in [0.1, 0.15) is 75.5 Å². The minimum atomic E-state index is -3.29. The number of halogens is 2. The van der Waals surface area contributed by atoms with E-state index in [0.29, 0.717) is 25.9 Å². The molecule has 146 valence electrons. The Hall–Kier alpha value is -1.99. The van der Waals surface area contributed by atoms with Crippen molar-refractivity contribution in [3.05, 3.63) is 17.5 Å². The van der Waals surface area contributed by atoms with Gasteiger partial charge in [0, 0.05) is 6.42 Å². The standard InChI is InChI=1S/C18H26F2N2O4/c1-5-18(19,20)14-12(15(23)24)10-21-22(14)13-7-8-17(4,9-11(13)3)16(25)26-6-2/h10-11,13H,5-9H2,1-4H3,(H,23,24). The molecule has 1 fully saturated rings. The first-order chi connectivity index (χ1) is 12.1. The third-order valence-electron chi connectivity index (χ3n) is 5.32. The second-order valence-corrected chi connectivity index (χ2v) is 7.28. The summed E-state index contributed by atoms with van der Waals surface area (Å²) in [5.41, 5.74) is -1.69. The molecule has 1 aromatic heterocycles. The van der Waals surface area contributed by atoms with Crippen LogP contribution in [0.25, 0.3) is 0 Å². The molecule has 8 heteroatoms. The Bertz CT molecular complexity index is 689. The molecule has 1 heterocycles. The van der Waals surface area contributed by atoms with Gasteiger partial charge in [-0.15, -0.1) is 0 Å². The number of hydrogen-bond donors (Lipinski definition) is 1. The minimum absolute atomic E-state index is 0.133. The molecular weight excluding hydrogens is 346 g/mol. The lowest BCUT2D eigenvalue weighted by Gasteiger charge is -2.40. The number of carboxylic acid groups (broad SMARTS) is 1. The van der Waals surface area contributed by atoms with Crippen LogP contribution in [0.3, 0.4) is 0 Å². The Morgan fingerprint density at radius 2 is 2.12 bits per heavy atom. The Kier molecular flexibility index (Phi) is 5.73. The van der Waals surface area contributed by atoms with Crippen LogP contribution in [-0.2, 0) is 15.5 Å². The van der Waals surface area contributed by atoms with Crippen molar-refractivity contribution in [3.63, 3.8) is 0 Å². The maximum absolute atomic E-state index is 14.5. The summed E-state index contributed by atoms with van der Waals surface area (Å²) in [7, 11) is 0. The number of rotatable bonds is 6. The molecular formula is C18H26F2N2O4. The van der Waals surface area contributed by atoms with Crippen molar-refractivity contribution in [2.24, 2.45) is 11.3 Å². The Morgan fingerprint density at radius 1 is 1.46 bits per heavy atom. The molecule has 1 saturated carbocycles. The summed E-state index contributed by atoms with van der Waals surface area (Å²) in [6, 6.07) is -0.391. The van der Waals surface area contributed by atoms with E-state index in [1.54, 1.807) is 6.92 Å². The van der Waals surface area contributed by atoms with E-state index in [0.717, 1.165) is 6.20 Å². The van der Waals surface area contributed by atoms with Crippen LogP contribution in [0.15, 0.2) is 6.20 Å². The second-order valence-electron chi connectivity index (χ2n) is 7.28. The first-order valence-corrected chi connectivity index (χ1v) is 8.93. The van der Waals surface area contributed by atoms with E-state index in [9.17, 15) is 23.5 Å². The van der Waals surface area contributed by atoms with Crippen LogP contribution in [0.4, 0.5) is 8.78 Å². The highest BCUT2D eigenvalue weighted by Gasteiger charge is 2.46. The lowest BCUT2D eigenvalue weighted by atomic mass is 9.69. The molecule has 1 aliphatic rings. The van der Waals surface area contributed by atoms with Gasteiger partial charge in [-0.25, -0.2) is 4.79 Å². The number of alkyl halides is 2. The number of hydrogen-bond acceptors (Lipinski definition) is 4. The normalized spacial score (nSPS) is 26.5. The van der Waals surface area contributed by atoms with Gasteiger partial charge in [-0.2, -0.15) is 13.9 Å². The van der Waals surface area contributed by atoms with Gasteiger partial charge in [-0.1, -0.05) is 13.8 Å². The van der Waals surface area contributed by atoms with E-state index in [-0.39, 0.29) is 11.9 Å². The largest absolute Gasteiger partial charge is 0.478 e. The maximum atomic E-state index is 14.5. The number of carbonyl (C=O) groups excluding carboxylic acids is 1. The van der Waals surface area contributed by atoms with Crippen LogP contribution in [0, 0.1) is 11.3 Å². The smallest absolute Gasteiger partial charge is 0.339 e. The molecule has 26 heavy (non-hydrogen) atoms. The highest BCUT2D eigenvalue weighted by Crippen LogP contribution is 2.47. The number of carbonyl (C=O) groups is 2. The molecule has 1 aliphatic carbocycles. The summed E-state index contributed by atoms with van der Waals surface area (Å²) < 4.78 is 35.2. The van der Waals surface area contributed by atoms with E-state index in [2.05, 4.69) is 5.10 Å². The van der Waals surface area contributed by atoms with Crippen LogP contribution >= 0.6 is 0 Å². The molecule has 0 bridgehead atoms.